The van der Waals surface area contributed by atoms with E-state index >= 15 is 0 Å². The lowest BCUT2D eigenvalue weighted by molar-refractivity contribution is 0.0851. The predicted molar refractivity (Wildman–Crippen MR) is 175 cm³/mol. The standard InChI is InChI=1S/C33H56N3O6P/c1-2-3-4-5-6-7-8-9-10-11-12-13-14-15-16-20-26-39-28-29-41-43(38,42-31-21-18-17-19-22-31)30-40-27-25-36-24-23-32(34)35-33(36)37/h17-19,21-24H,2-16,20,25-30H2,1H3,(H2,34,35,37). The molecule has 0 aliphatic heterocycles. The third-order valence-electron chi connectivity index (χ3n) is 7.27. The molecule has 0 radical (unpaired) electrons. The molecule has 2 N–H and O–H groups in total. The Labute approximate surface area is 259 Å². The summed E-state index contributed by atoms with van der Waals surface area (Å²) < 4.78 is 37.4. The average molecular weight is 622 g/mol. The highest BCUT2D eigenvalue weighted by Gasteiger charge is 2.27. The summed E-state index contributed by atoms with van der Waals surface area (Å²) in [7, 11) is -3.60. The van der Waals surface area contributed by atoms with Gasteiger partial charge < -0.3 is 19.7 Å². The number of ether oxygens (including phenoxy) is 2. The molecule has 0 fully saturated rings. The molecule has 0 amide bonds. The predicted octanol–water partition coefficient (Wildman–Crippen LogP) is 8.37. The molecule has 0 spiro atoms. The van der Waals surface area contributed by atoms with Gasteiger partial charge in [0.15, 0.2) is 6.35 Å². The largest absolute Gasteiger partial charge is 0.423 e. The van der Waals surface area contributed by atoms with E-state index in [0.29, 0.717) is 19.0 Å². The summed E-state index contributed by atoms with van der Waals surface area (Å²) >= 11 is 0. The highest BCUT2D eigenvalue weighted by Crippen LogP contribution is 2.48. The molecule has 1 aromatic heterocycles. The number of rotatable bonds is 28. The molecule has 9 nitrogen and oxygen atoms in total. The Kier molecular flexibility index (Phi) is 20.8. The van der Waals surface area contributed by atoms with Crippen LogP contribution in [0, 0.1) is 0 Å². The fraction of sp³-hybridized carbons (Fsp3) is 0.697. The molecule has 1 atom stereocenters. The molecule has 43 heavy (non-hydrogen) atoms. The van der Waals surface area contributed by atoms with Gasteiger partial charge >= 0.3 is 13.3 Å². The van der Waals surface area contributed by atoms with E-state index in [1.54, 1.807) is 30.5 Å². The number of nitrogens with zero attached hydrogens (tertiary/aromatic N) is 2. The van der Waals surface area contributed by atoms with Gasteiger partial charge in [0.2, 0.25) is 0 Å². The van der Waals surface area contributed by atoms with Gasteiger partial charge in [-0.15, -0.1) is 0 Å². The van der Waals surface area contributed by atoms with E-state index in [0.717, 1.165) is 12.8 Å². The van der Waals surface area contributed by atoms with Crippen LogP contribution in [-0.4, -0.2) is 42.3 Å². The van der Waals surface area contributed by atoms with Gasteiger partial charge in [-0.05, 0) is 24.6 Å². The van der Waals surface area contributed by atoms with E-state index in [9.17, 15) is 9.36 Å². The molecule has 1 unspecified atom stereocenters. The van der Waals surface area contributed by atoms with Crippen LogP contribution in [0.15, 0.2) is 47.4 Å². The van der Waals surface area contributed by atoms with E-state index in [1.165, 1.54) is 101 Å². The Morgan fingerprint density at radius 2 is 1.30 bits per heavy atom. The monoisotopic (exact) mass is 621 g/mol. The quantitative estimate of drug-likeness (QED) is 0.0744. The lowest BCUT2D eigenvalue weighted by atomic mass is 10.0. The van der Waals surface area contributed by atoms with Gasteiger partial charge in [-0.3, -0.25) is 9.09 Å². The Balaban J connectivity index is 1.50. The summed E-state index contributed by atoms with van der Waals surface area (Å²) in [5.41, 5.74) is 5.05. The minimum atomic E-state index is -3.60. The second-order valence-electron chi connectivity index (χ2n) is 11.1. The van der Waals surface area contributed by atoms with Crippen LogP contribution in [0.2, 0.25) is 0 Å². The van der Waals surface area contributed by atoms with E-state index in [-0.39, 0.29) is 31.9 Å². The average Bonchev–Trinajstić information content (AvgIpc) is 3.00. The second kappa shape index (κ2) is 24.2. The fourth-order valence-electron chi connectivity index (χ4n) is 4.77. The first-order chi connectivity index (χ1) is 21.0. The molecule has 0 saturated heterocycles. The number of hydrogen-bond donors (Lipinski definition) is 1. The van der Waals surface area contributed by atoms with Gasteiger partial charge in [0.1, 0.15) is 11.6 Å². The van der Waals surface area contributed by atoms with Crippen LogP contribution in [0.25, 0.3) is 0 Å². The van der Waals surface area contributed by atoms with Crippen LogP contribution in [-0.2, 0) is 25.1 Å². The number of nitrogen functional groups attached to an aromatic ring is 1. The van der Waals surface area contributed by atoms with Crippen LogP contribution >= 0.6 is 7.60 Å². The minimum absolute atomic E-state index is 0.132. The zero-order chi connectivity index (χ0) is 30.9. The van der Waals surface area contributed by atoms with Crippen LogP contribution in [0.4, 0.5) is 5.82 Å². The second-order valence-corrected chi connectivity index (χ2v) is 13.1. The third-order valence-corrected chi connectivity index (χ3v) is 8.83. The molecule has 0 bridgehead atoms. The Morgan fingerprint density at radius 3 is 1.88 bits per heavy atom. The molecule has 1 aromatic carbocycles. The fourth-order valence-corrected chi connectivity index (χ4v) is 6.10. The molecule has 1 heterocycles. The normalized spacial score (nSPS) is 12.8. The molecule has 0 aliphatic rings. The maximum atomic E-state index is 13.4. The molecule has 2 aromatic rings. The van der Waals surface area contributed by atoms with Gasteiger partial charge in [0.05, 0.1) is 26.4 Å². The first-order valence-electron chi connectivity index (χ1n) is 16.5. The number of anilines is 1. The van der Waals surface area contributed by atoms with Crippen LogP contribution in [0.1, 0.15) is 110 Å². The third kappa shape index (κ3) is 18.9. The Hall–Kier alpha value is -2.19. The molecule has 0 saturated carbocycles. The number of benzene rings is 1. The summed E-state index contributed by atoms with van der Waals surface area (Å²) in [4.78, 5) is 15.6. The van der Waals surface area contributed by atoms with Gasteiger partial charge in [-0.1, -0.05) is 121 Å². The van der Waals surface area contributed by atoms with Gasteiger partial charge in [0.25, 0.3) is 0 Å². The smallest absolute Gasteiger partial charge is 0.404 e. The van der Waals surface area contributed by atoms with Crippen molar-refractivity contribution in [1.29, 1.82) is 0 Å². The Morgan fingerprint density at radius 1 is 0.721 bits per heavy atom. The van der Waals surface area contributed by atoms with Crippen molar-refractivity contribution in [3.63, 3.8) is 0 Å². The van der Waals surface area contributed by atoms with Crippen molar-refractivity contribution in [3.05, 3.63) is 53.1 Å². The number of para-hydroxylation sites is 1. The van der Waals surface area contributed by atoms with E-state index in [4.69, 9.17) is 24.3 Å². The van der Waals surface area contributed by atoms with Gasteiger partial charge in [0, 0.05) is 12.8 Å². The highest BCUT2D eigenvalue weighted by molar-refractivity contribution is 7.54. The molecular formula is C33H56N3O6P. The van der Waals surface area contributed by atoms with Gasteiger partial charge in [-0.2, -0.15) is 4.98 Å². The van der Waals surface area contributed by atoms with Crippen molar-refractivity contribution >= 4 is 13.4 Å². The first-order valence-corrected chi connectivity index (χ1v) is 18.2. The summed E-state index contributed by atoms with van der Waals surface area (Å²) in [6, 6.07) is 10.4. The van der Waals surface area contributed by atoms with Crippen molar-refractivity contribution < 1.29 is 23.1 Å². The lowest BCUT2D eigenvalue weighted by Crippen LogP contribution is -2.25. The summed E-state index contributed by atoms with van der Waals surface area (Å²) in [6.45, 7) is 3.76. The minimum Gasteiger partial charge on any atom is -0.423 e. The lowest BCUT2D eigenvalue weighted by Gasteiger charge is -2.19. The number of aromatic nitrogens is 2. The first kappa shape index (κ1) is 37.0. The SMILES string of the molecule is CCCCCCCCCCCCCCCCCCOCCOP(=O)(COCCn1ccc(N)nc1=O)Oc1ccccc1. The summed E-state index contributed by atoms with van der Waals surface area (Å²) in [5, 5.41) is 0. The molecule has 10 heteroatoms. The highest BCUT2D eigenvalue weighted by atomic mass is 31.2. The van der Waals surface area contributed by atoms with Gasteiger partial charge in [-0.25, -0.2) is 9.36 Å². The zero-order valence-electron chi connectivity index (χ0n) is 26.5. The van der Waals surface area contributed by atoms with E-state index < -0.39 is 13.3 Å². The maximum absolute atomic E-state index is 13.4. The van der Waals surface area contributed by atoms with E-state index in [1.807, 2.05) is 6.07 Å². The molecule has 0 aliphatic carbocycles. The van der Waals surface area contributed by atoms with Crippen molar-refractivity contribution in [3.8, 4) is 5.75 Å². The van der Waals surface area contributed by atoms with Crippen molar-refractivity contribution in [2.24, 2.45) is 0 Å². The van der Waals surface area contributed by atoms with Crippen molar-refractivity contribution in [1.82, 2.24) is 9.55 Å². The summed E-state index contributed by atoms with van der Waals surface area (Å²) in [5.74, 6) is 0.593. The van der Waals surface area contributed by atoms with Crippen LogP contribution in [0.5, 0.6) is 5.75 Å². The van der Waals surface area contributed by atoms with Crippen molar-refractivity contribution in [2.75, 3.05) is 38.5 Å². The van der Waals surface area contributed by atoms with Crippen LogP contribution in [0.3, 0.4) is 0 Å². The molecule has 2 rings (SSSR count). The zero-order valence-corrected chi connectivity index (χ0v) is 27.4. The maximum Gasteiger partial charge on any atom is 0.404 e. The molecule has 244 valence electrons. The topological polar surface area (TPSA) is 115 Å². The number of nitrogens with two attached hydrogens (primary N) is 1. The number of unbranched alkanes of at least 4 members (excludes halogenated alkanes) is 15. The summed E-state index contributed by atoms with van der Waals surface area (Å²) in [6.07, 6.45) is 22.7. The van der Waals surface area contributed by atoms with Crippen LogP contribution < -0.4 is 15.9 Å². The number of hydrogen-bond acceptors (Lipinski definition) is 8. The Bertz CT molecular complexity index is 1050. The van der Waals surface area contributed by atoms with Crippen molar-refractivity contribution in [2.45, 2.75) is 116 Å². The molecular weight excluding hydrogens is 565 g/mol. The van der Waals surface area contributed by atoms with E-state index in [2.05, 4.69) is 11.9 Å².